The highest BCUT2D eigenvalue weighted by atomic mass is 16.5. The van der Waals surface area contributed by atoms with Crippen molar-refractivity contribution < 1.29 is 26.7 Å². The molecule has 0 rings (SSSR count). The molecule has 0 aromatic heterocycles. The van der Waals surface area contributed by atoms with Gasteiger partial charge in [-0.1, -0.05) is 20.8 Å². The number of carbonyl (C=O) groups is 2. The molecule has 0 bridgehead atoms. The van der Waals surface area contributed by atoms with Crippen LogP contribution < -0.4 is 10.6 Å². The predicted molar refractivity (Wildman–Crippen MR) is 97.0 cm³/mol. The fourth-order valence-electron chi connectivity index (χ4n) is 1.58. The Morgan fingerprint density at radius 2 is 1.50 bits per heavy atom. The van der Waals surface area contributed by atoms with E-state index in [9.17, 15) is 9.59 Å². The van der Waals surface area contributed by atoms with Gasteiger partial charge in [-0.15, -0.1) is 0 Å². The first-order valence-corrected chi connectivity index (χ1v) is 8.82. The molecule has 0 fully saturated rings. The Bertz CT molecular complexity index is 349. The number of amides is 2. The topological polar surface area (TPSA) is 85.9 Å². The highest BCUT2D eigenvalue weighted by molar-refractivity contribution is 5.78. The molecule has 2 atom stereocenters. The van der Waals surface area contributed by atoms with E-state index in [2.05, 4.69) is 10.6 Å². The Labute approximate surface area is 148 Å². The van der Waals surface area contributed by atoms with Crippen molar-refractivity contribution in [2.24, 2.45) is 5.92 Å². The van der Waals surface area contributed by atoms with E-state index in [0.29, 0.717) is 39.5 Å². The van der Waals surface area contributed by atoms with Crippen molar-refractivity contribution in [2.45, 2.75) is 46.6 Å². The minimum absolute atomic E-state index is 0. The minimum atomic E-state index is -0.132. The summed E-state index contributed by atoms with van der Waals surface area (Å²) in [6.45, 7) is 10.7. The molecular weight excluding hydrogens is 312 g/mol. The van der Waals surface area contributed by atoms with E-state index in [1.165, 1.54) is 0 Å². The molecule has 0 saturated carbocycles. The fraction of sp³-hybridized carbons (Fsp3) is 0.882. The van der Waals surface area contributed by atoms with Crippen molar-refractivity contribution >= 4 is 11.8 Å². The predicted octanol–water partition coefficient (Wildman–Crippen LogP) is 1.61. The molecule has 0 aliphatic carbocycles. The largest absolute Gasteiger partial charge is 0.377 e. The third kappa shape index (κ3) is 13.3. The van der Waals surface area contributed by atoms with E-state index in [1.54, 1.807) is 0 Å². The van der Waals surface area contributed by atoms with Crippen LogP contribution in [-0.2, 0) is 23.8 Å². The van der Waals surface area contributed by atoms with Crippen molar-refractivity contribution in [1.29, 1.82) is 0 Å². The first-order chi connectivity index (χ1) is 11.5. The quantitative estimate of drug-likeness (QED) is 0.438. The number of rotatable bonds is 15. The average Bonchev–Trinajstić information content (AvgIpc) is 2.59. The van der Waals surface area contributed by atoms with Crippen LogP contribution in [0.2, 0.25) is 0 Å². The molecule has 24 heavy (non-hydrogen) atoms. The Kier molecular flexibility index (Phi) is 14.6. The van der Waals surface area contributed by atoms with Gasteiger partial charge in [0.15, 0.2) is 0 Å². The van der Waals surface area contributed by atoms with E-state index in [0.717, 1.165) is 12.8 Å². The fourth-order valence-corrected chi connectivity index (χ4v) is 1.58. The molecule has 0 radical (unpaired) electrons. The van der Waals surface area contributed by atoms with Gasteiger partial charge in [-0.3, -0.25) is 9.59 Å². The maximum absolute atomic E-state index is 11.5. The lowest BCUT2D eigenvalue weighted by molar-refractivity contribution is -0.127. The summed E-state index contributed by atoms with van der Waals surface area (Å²) in [4.78, 5) is 22.9. The van der Waals surface area contributed by atoms with Crippen LogP contribution in [0.15, 0.2) is 0 Å². The van der Waals surface area contributed by atoms with Gasteiger partial charge in [-0.05, 0) is 19.8 Å². The lowest BCUT2D eigenvalue weighted by atomic mass is 10.1. The Morgan fingerprint density at radius 1 is 0.917 bits per heavy atom. The van der Waals surface area contributed by atoms with Gasteiger partial charge in [-0.25, -0.2) is 0 Å². The van der Waals surface area contributed by atoms with Gasteiger partial charge >= 0.3 is 0 Å². The zero-order chi connectivity index (χ0) is 18.2. The average molecular weight is 350 g/mol. The molecule has 2 N–H and O–H groups in total. The van der Waals surface area contributed by atoms with Gasteiger partial charge in [0.2, 0.25) is 11.8 Å². The zero-order valence-electron chi connectivity index (χ0n) is 15.6. The first-order valence-electron chi connectivity index (χ1n) is 8.82. The number of hydrogen-bond acceptors (Lipinski definition) is 5. The maximum atomic E-state index is 11.5. The van der Waals surface area contributed by atoms with E-state index >= 15 is 0 Å². The Morgan fingerprint density at radius 3 is 2.04 bits per heavy atom. The van der Waals surface area contributed by atoms with Crippen LogP contribution in [0.3, 0.4) is 0 Å². The van der Waals surface area contributed by atoms with Gasteiger partial charge < -0.3 is 24.8 Å². The molecule has 7 heteroatoms. The van der Waals surface area contributed by atoms with Crippen LogP contribution in [0.25, 0.3) is 0 Å². The lowest BCUT2D eigenvalue weighted by Gasteiger charge is -2.11. The number of ether oxygens (including phenoxy) is 3. The third-order valence-corrected chi connectivity index (χ3v) is 3.62. The summed E-state index contributed by atoms with van der Waals surface area (Å²) in [5.74, 6) is -0.0308. The molecule has 0 aliphatic rings. The van der Waals surface area contributed by atoms with Crippen molar-refractivity contribution in [3.05, 3.63) is 0 Å². The summed E-state index contributed by atoms with van der Waals surface area (Å²) in [5.41, 5.74) is 0. The summed E-state index contributed by atoms with van der Waals surface area (Å²) < 4.78 is 16.0. The minimum Gasteiger partial charge on any atom is -0.377 e. The van der Waals surface area contributed by atoms with Crippen LogP contribution in [0.5, 0.6) is 0 Å². The van der Waals surface area contributed by atoms with Gasteiger partial charge in [0, 0.05) is 21.9 Å². The van der Waals surface area contributed by atoms with E-state index in [-0.39, 0.29) is 33.3 Å². The highest BCUT2D eigenvalue weighted by Gasteiger charge is 2.08. The molecule has 0 heterocycles. The summed E-state index contributed by atoms with van der Waals surface area (Å²) >= 11 is 0. The standard InChI is InChI=1S/C17H34N2O5.2H2/c1-5-14(3)17(21)19-8-10-23-12-11-22-9-7-18-16(20)13-24-15(4)6-2;;/h14-15H,5-13H2,1-4H3,(H,18,20)(H,19,21);2*1H. The van der Waals surface area contributed by atoms with E-state index in [1.807, 2.05) is 27.7 Å². The second-order valence-electron chi connectivity index (χ2n) is 5.70. The number of carbonyl (C=O) groups excluding carboxylic acids is 2. The summed E-state index contributed by atoms with van der Waals surface area (Å²) in [6.07, 6.45) is 1.82. The summed E-state index contributed by atoms with van der Waals surface area (Å²) in [6, 6.07) is 0. The van der Waals surface area contributed by atoms with E-state index in [4.69, 9.17) is 14.2 Å². The van der Waals surface area contributed by atoms with Crippen LogP contribution in [0, 0.1) is 5.92 Å². The molecular formula is C17H38N2O5. The van der Waals surface area contributed by atoms with Crippen LogP contribution in [0.4, 0.5) is 0 Å². The number of hydrogen-bond donors (Lipinski definition) is 2. The van der Waals surface area contributed by atoms with Gasteiger partial charge in [0.1, 0.15) is 6.61 Å². The van der Waals surface area contributed by atoms with Gasteiger partial charge in [0.05, 0.1) is 32.5 Å². The molecule has 146 valence electrons. The molecule has 0 aliphatic heterocycles. The number of nitrogens with one attached hydrogen (secondary N) is 2. The zero-order valence-corrected chi connectivity index (χ0v) is 15.6. The van der Waals surface area contributed by atoms with Gasteiger partial charge in [0.25, 0.3) is 0 Å². The first kappa shape index (κ1) is 22.8. The molecule has 0 spiro atoms. The Balaban J connectivity index is -0.00000264. The highest BCUT2D eigenvalue weighted by Crippen LogP contribution is 1.98. The van der Waals surface area contributed by atoms with Crippen molar-refractivity contribution in [1.82, 2.24) is 10.6 Å². The van der Waals surface area contributed by atoms with Crippen molar-refractivity contribution in [3.8, 4) is 0 Å². The second-order valence-corrected chi connectivity index (χ2v) is 5.70. The monoisotopic (exact) mass is 350 g/mol. The van der Waals surface area contributed by atoms with Gasteiger partial charge in [-0.2, -0.15) is 0 Å². The van der Waals surface area contributed by atoms with Crippen LogP contribution in [0.1, 0.15) is 43.4 Å². The SMILES string of the molecule is CCC(C)OCC(=O)NCCOCCOCCNC(=O)C(C)CC.[HH].[HH]. The third-order valence-electron chi connectivity index (χ3n) is 3.62. The Hall–Kier alpha value is -1.18. The smallest absolute Gasteiger partial charge is 0.246 e. The van der Waals surface area contributed by atoms with E-state index < -0.39 is 0 Å². The normalized spacial score (nSPS) is 13.3. The molecule has 2 unspecified atom stereocenters. The molecule has 7 nitrogen and oxygen atoms in total. The lowest BCUT2D eigenvalue weighted by Crippen LogP contribution is -2.32. The molecule has 2 amide bonds. The maximum Gasteiger partial charge on any atom is 0.246 e. The summed E-state index contributed by atoms with van der Waals surface area (Å²) in [5, 5.41) is 5.54. The van der Waals surface area contributed by atoms with Crippen molar-refractivity contribution in [2.75, 3.05) is 46.1 Å². The summed E-state index contributed by atoms with van der Waals surface area (Å²) in [7, 11) is 0. The molecule has 0 aromatic rings. The van der Waals surface area contributed by atoms with Crippen LogP contribution >= 0.6 is 0 Å². The molecule has 0 aromatic carbocycles. The molecule has 0 saturated heterocycles. The van der Waals surface area contributed by atoms with Crippen LogP contribution in [-0.4, -0.2) is 64.0 Å². The second kappa shape index (κ2) is 15.4. The van der Waals surface area contributed by atoms with Crippen molar-refractivity contribution in [3.63, 3.8) is 0 Å².